The number of hydrogen-bond acceptors (Lipinski definition) is 6. The summed E-state index contributed by atoms with van der Waals surface area (Å²) in [6.07, 6.45) is 3.52. The maximum Gasteiger partial charge on any atom is 0.326 e. The molecule has 32 heavy (non-hydrogen) atoms. The lowest BCUT2D eigenvalue weighted by Crippen LogP contribution is -2.56. The Morgan fingerprint density at radius 1 is 1.22 bits per heavy atom. The summed E-state index contributed by atoms with van der Waals surface area (Å²) >= 11 is 1.85. The number of nitrogens with zero attached hydrogens (tertiary/aromatic N) is 1. The van der Waals surface area contributed by atoms with Crippen LogP contribution in [0.25, 0.3) is 0 Å². The molecule has 176 valence electrons. The molecule has 3 rings (SSSR count). The molecule has 2 heterocycles. The van der Waals surface area contributed by atoms with Crippen LogP contribution in [0.4, 0.5) is 0 Å². The normalized spacial score (nSPS) is 21.8. The van der Waals surface area contributed by atoms with E-state index in [9.17, 15) is 19.5 Å². The first-order chi connectivity index (χ1) is 15.4. The molecule has 2 saturated heterocycles. The minimum atomic E-state index is -0.930. The van der Waals surface area contributed by atoms with Crippen molar-refractivity contribution in [2.75, 3.05) is 24.7 Å². The fourth-order valence-electron chi connectivity index (χ4n) is 4.96. The molecule has 3 atom stereocenters. The molecule has 2 aliphatic rings. The summed E-state index contributed by atoms with van der Waals surface area (Å²) in [5.41, 5.74) is 0.769. The number of carbonyl (C=O) groups excluding carboxylic acids is 2. The fourth-order valence-corrected chi connectivity index (χ4v) is 6.27. The third kappa shape index (κ3) is 5.64. The number of likely N-dealkylation sites (tertiary alicyclic amines) is 1. The average Bonchev–Trinajstić information content (AvgIpc) is 3.15. The summed E-state index contributed by atoms with van der Waals surface area (Å²) < 4.78 is 5.23. The van der Waals surface area contributed by atoms with Crippen molar-refractivity contribution >= 4 is 29.6 Å². The molecule has 0 aromatic heterocycles. The Hall–Kier alpha value is -2.06. The second-order valence-corrected chi connectivity index (χ2v) is 9.94. The summed E-state index contributed by atoms with van der Waals surface area (Å²) in [6.45, 7) is 4.17. The average molecular weight is 463 g/mol. The largest absolute Gasteiger partial charge is 0.480 e. The van der Waals surface area contributed by atoms with Crippen LogP contribution in [0.2, 0.25) is 0 Å². The number of aliphatic carboxylic acids is 1. The minimum Gasteiger partial charge on any atom is -0.480 e. The second-order valence-electron chi connectivity index (χ2n) is 8.71. The molecule has 2 N–H and O–H groups in total. The smallest absolute Gasteiger partial charge is 0.326 e. The highest BCUT2D eigenvalue weighted by Crippen LogP contribution is 2.47. The Balaban J connectivity index is 1.69. The number of carboxylic acid groups (broad SMARTS) is 1. The molecule has 2 fully saturated rings. The van der Waals surface area contributed by atoms with E-state index in [1.807, 2.05) is 42.1 Å². The number of carbonyl (C=O) groups is 3. The first kappa shape index (κ1) is 24.6. The summed E-state index contributed by atoms with van der Waals surface area (Å²) in [7, 11) is 0. The zero-order chi connectivity index (χ0) is 23.1. The lowest BCUT2D eigenvalue weighted by Gasteiger charge is -2.38. The Morgan fingerprint density at radius 3 is 2.53 bits per heavy atom. The van der Waals surface area contributed by atoms with E-state index < -0.39 is 24.1 Å². The van der Waals surface area contributed by atoms with E-state index in [0.29, 0.717) is 19.4 Å². The second kappa shape index (κ2) is 11.2. The van der Waals surface area contributed by atoms with Crippen LogP contribution in [0.3, 0.4) is 0 Å². The van der Waals surface area contributed by atoms with Crippen molar-refractivity contribution in [3.8, 4) is 0 Å². The molecule has 1 amide bonds. The maximum atomic E-state index is 13.3. The Morgan fingerprint density at radius 2 is 1.91 bits per heavy atom. The van der Waals surface area contributed by atoms with Crippen LogP contribution in [0.1, 0.15) is 45.1 Å². The van der Waals surface area contributed by atoms with Crippen molar-refractivity contribution in [3.05, 3.63) is 35.9 Å². The lowest BCUT2D eigenvalue weighted by atomic mass is 9.75. The van der Waals surface area contributed by atoms with Gasteiger partial charge in [-0.3, -0.25) is 14.9 Å². The Kier molecular flexibility index (Phi) is 8.59. The fraction of sp³-hybridized carbons (Fsp3) is 0.625. The van der Waals surface area contributed by atoms with Gasteiger partial charge in [-0.2, -0.15) is 11.8 Å². The van der Waals surface area contributed by atoms with Gasteiger partial charge in [0.1, 0.15) is 12.1 Å². The summed E-state index contributed by atoms with van der Waals surface area (Å²) in [5.74, 6) is 0.288. The van der Waals surface area contributed by atoms with Crippen LogP contribution >= 0.6 is 11.8 Å². The molecule has 2 aliphatic heterocycles. The zero-order valence-corrected chi connectivity index (χ0v) is 19.7. The molecule has 1 aromatic carbocycles. The van der Waals surface area contributed by atoms with E-state index in [2.05, 4.69) is 5.32 Å². The standard InChI is InChI=1S/C24H34N2O5S/c1-3-31-23(30)19(10-9-18-7-5-4-6-8-18)25-17(2)21(27)26-14-11-24(20(26)22(28)29)12-15-32-16-13-24/h4-8,17,19-20,25H,3,9-16H2,1-2H3,(H,28,29)/t17-,19?,20?/m0/s1. The summed E-state index contributed by atoms with van der Waals surface area (Å²) in [6, 6.07) is 7.72. The minimum absolute atomic E-state index is 0.262. The summed E-state index contributed by atoms with van der Waals surface area (Å²) in [4.78, 5) is 39.6. The van der Waals surface area contributed by atoms with Gasteiger partial charge in [-0.25, -0.2) is 4.79 Å². The molecule has 0 radical (unpaired) electrons. The third-order valence-corrected chi connectivity index (χ3v) is 7.69. The highest BCUT2D eigenvalue weighted by molar-refractivity contribution is 7.99. The number of benzene rings is 1. The first-order valence-corrected chi connectivity index (χ1v) is 12.6. The molecule has 0 saturated carbocycles. The highest BCUT2D eigenvalue weighted by Gasteiger charge is 2.53. The van der Waals surface area contributed by atoms with E-state index in [1.54, 1.807) is 13.8 Å². The van der Waals surface area contributed by atoms with E-state index in [-0.39, 0.29) is 23.9 Å². The molecular formula is C24H34N2O5S. The molecule has 7 nitrogen and oxygen atoms in total. The van der Waals surface area contributed by atoms with Gasteiger partial charge in [0.2, 0.25) is 5.91 Å². The van der Waals surface area contributed by atoms with E-state index >= 15 is 0 Å². The molecule has 1 aromatic rings. The van der Waals surface area contributed by atoms with E-state index in [1.165, 1.54) is 4.90 Å². The van der Waals surface area contributed by atoms with Crippen LogP contribution in [-0.4, -0.2) is 70.6 Å². The predicted octanol–water partition coefficient (Wildman–Crippen LogP) is 2.73. The van der Waals surface area contributed by atoms with Gasteiger partial charge in [0.05, 0.1) is 12.6 Å². The van der Waals surface area contributed by atoms with Crippen molar-refractivity contribution in [2.45, 2.75) is 64.1 Å². The topological polar surface area (TPSA) is 95.9 Å². The number of ether oxygens (including phenoxy) is 1. The predicted molar refractivity (Wildman–Crippen MR) is 125 cm³/mol. The van der Waals surface area contributed by atoms with Crippen LogP contribution < -0.4 is 5.32 Å². The quantitative estimate of drug-likeness (QED) is 0.545. The van der Waals surface area contributed by atoms with Crippen LogP contribution in [0.5, 0.6) is 0 Å². The number of thioether (sulfide) groups is 1. The van der Waals surface area contributed by atoms with E-state index in [4.69, 9.17) is 4.74 Å². The maximum absolute atomic E-state index is 13.3. The molecule has 8 heteroatoms. The van der Waals surface area contributed by atoms with Gasteiger partial charge in [-0.15, -0.1) is 0 Å². The van der Waals surface area contributed by atoms with Crippen molar-refractivity contribution < 1.29 is 24.2 Å². The molecular weight excluding hydrogens is 428 g/mol. The van der Waals surface area contributed by atoms with Gasteiger partial charge >= 0.3 is 11.9 Å². The first-order valence-electron chi connectivity index (χ1n) is 11.5. The Bertz CT molecular complexity index is 797. The summed E-state index contributed by atoms with van der Waals surface area (Å²) in [5, 5.41) is 13.1. The van der Waals surface area contributed by atoms with Crippen LogP contribution in [0.15, 0.2) is 30.3 Å². The van der Waals surface area contributed by atoms with Crippen molar-refractivity contribution in [3.63, 3.8) is 0 Å². The van der Waals surface area contributed by atoms with Gasteiger partial charge in [-0.05, 0) is 63.0 Å². The van der Waals surface area contributed by atoms with Crippen molar-refractivity contribution in [1.29, 1.82) is 0 Å². The van der Waals surface area contributed by atoms with Gasteiger partial charge in [0.15, 0.2) is 0 Å². The molecule has 0 aliphatic carbocycles. The number of rotatable bonds is 9. The van der Waals surface area contributed by atoms with Crippen LogP contribution in [-0.2, 0) is 25.5 Å². The monoisotopic (exact) mass is 462 g/mol. The van der Waals surface area contributed by atoms with Gasteiger partial charge < -0.3 is 14.7 Å². The molecule has 1 spiro atoms. The Labute approximate surface area is 194 Å². The van der Waals surface area contributed by atoms with Gasteiger partial charge in [0.25, 0.3) is 0 Å². The van der Waals surface area contributed by atoms with E-state index in [0.717, 1.165) is 36.3 Å². The van der Waals surface area contributed by atoms with Gasteiger partial charge in [-0.1, -0.05) is 30.3 Å². The van der Waals surface area contributed by atoms with Gasteiger partial charge in [0, 0.05) is 12.0 Å². The van der Waals surface area contributed by atoms with Crippen molar-refractivity contribution in [2.24, 2.45) is 5.41 Å². The number of amides is 1. The number of nitrogens with one attached hydrogen (secondary N) is 1. The molecule has 0 bridgehead atoms. The lowest BCUT2D eigenvalue weighted by molar-refractivity contribution is -0.153. The highest BCUT2D eigenvalue weighted by atomic mass is 32.2. The van der Waals surface area contributed by atoms with Crippen LogP contribution in [0, 0.1) is 5.41 Å². The third-order valence-electron chi connectivity index (χ3n) is 6.71. The number of carboxylic acids is 1. The zero-order valence-electron chi connectivity index (χ0n) is 18.9. The number of aryl methyl sites for hydroxylation is 1. The molecule has 2 unspecified atom stereocenters. The SMILES string of the molecule is CCOC(=O)C(CCc1ccccc1)N[C@@H](C)C(=O)N1CCC2(CCSCC2)C1C(=O)O. The number of esters is 1. The number of hydrogen-bond donors (Lipinski definition) is 2. The van der Waals surface area contributed by atoms with Crippen molar-refractivity contribution in [1.82, 2.24) is 10.2 Å².